The number of rotatable bonds is 6. The van der Waals surface area contributed by atoms with Gasteiger partial charge in [0.05, 0.1) is 0 Å². The fourth-order valence-corrected chi connectivity index (χ4v) is 0.833. The summed E-state index contributed by atoms with van der Waals surface area (Å²) < 4.78 is 0. The van der Waals surface area contributed by atoms with Gasteiger partial charge >= 0.3 is 0 Å². The molecule has 1 radical (unpaired) electrons. The van der Waals surface area contributed by atoms with Crippen molar-refractivity contribution in [2.45, 2.75) is 13.8 Å². The molecule has 0 bridgehead atoms. The molecule has 0 rings (SSSR count). The summed E-state index contributed by atoms with van der Waals surface area (Å²) in [7, 11) is 1.92. The van der Waals surface area contributed by atoms with Gasteiger partial charge in [0.1, 0.15) is 0 Å². The normalized spacial score (nSPS) is 10.5. The molecular weight excluding hydrogens is 179 g/mol. The maximum Gasteiger partial charge on any atom is 0.189 e. The highest BCUT2D eigenvalue weighted by molar-refractivity contribution is 6.55. The van der Waals surface area contributed by atoms with E-state index in [1.807, 2.05) is 45.4 Å². The van der Waals surface area contributed by atoms with Crippen molar-refractivity contribution in [1.82, 2.24) is 0 Å². The molecule has 0 aromatic rings. The van der Waals surface area contributed by atoms with Crippen LogP contribution in [0.2, 0.25) is 0 Å². The lowest BCUT2D eigenvalue weighted by Crippen LogP contribution is -1.94. The molecule has 0 unspecified atom stereocenters. The van der Waals surface area contributed by atoms with Gasteiger partial charge in [0.2, 0.25) is 0 Å². The van der Waals surface area contributed by atoms with Crippen molar-refractivity contribution in [1.29, 1.82) is 0 Å². The summed E-state index contributed by atoms with van der Waals surface area (Å²) >= 11 is 0. The molecule has 0 aliphatic carbocycles. The Kier molecular flexibility index (Phi) is 6.20. The summed E-state index contributed by atoms with van der Waals surface area (Å²) in [4.78, 5) is 0. The molecule has 0 fully saturated rings. The van der Waals surface area contributed by atoms with Crippen LogP contribution in [0.4, 0.5) is 0 Å². The van der Waals surface area contributed by atoms with Gasteiger partial charge in [0.25, 0.3) is 0 Å². The van der Waals surface area contributed by atoms with E-state index in [-0.39, 0.29) is 0 Å². The molecule has 15 heavy (non-hydrogen) atoms. The van der Waals surface area contributed by atoms with Gasteiger partial charge in [-0.05, 0) is 13.8 Å². The Balaban J connectivity index is 4.14. The van der Waals surface area contributed by atoms with Gasteiger partial charge in [0, 0.05) is 0 Å². The molecule has 0 nitrogen and oxygen atoms in total. The standard InChI is InChI=1S/C14H18B/c1-11(2)7-9-13(5)15-14(6)10-8-12(3)4/h7-10H,1,3,5-6H2,2,4H3/b9-7-,10-8-. The molecule has 0 heterocycles. The Bertz CT molecular complexity index is 306. The predicted octanol–water partition coefficient (Wildman–Crippen LogP) is 3.98. The maximum absolute atomic E-state index is 3.89. The van der Waals surface area contributed by atoms with Crippen LogP contribution in [0.1, 0.15) is 13.8 Å². The van der Waals surface area contributed by atoms with E-state index in [1.54, 1.807) is 0 Å². The van der Waals surface area contributed by atoms with E-state index >= 15 is 0 Å². The van der Waals surface area contributed by atoms with Crippen LogP contribution in [0.5, 0.6) is 0 Å². The van der Waals surface area contributed by atoms with Crippen LogP contribution in [0, 0.1) is 0 Å². The maximum atomic E-state index is 3.89. The third-order valence-corrected chi connectivity index (χ3v) is 1.53. The average Bonchev–Trinajstić information content (AvgIpc) is 2.11. The minimum absolute atomic E-state index is 0.911. The summed E-state index contributed by atoms with van der Waals surface area (Å²) in [6.07, 6.45) is 7.69. The Morgan fingerprint density at radius 3 is 1.33 bits per heavy atom. The highest BCUT2D eigenvalue weighted by atomic mass is 13.8. The van der Waals surface area contributed by atoms with Crippen molar-refractivity contribution in [3.63, 3.8) is 0 Å². The van der Waals surface area contributed by atoms with E-state index in [0.717, 1.165) is 22.1 Å². The second-order valence-electron chi connectivity index (χ2n) is 3.65. The fourth-order valence-electron chi connectivity index (χ4n) is 0.833. The summed E-state index contributed by atoms with van der Waals surface area (Å²) in [6.45, 7) is 19.2. The summed E-state index contributed by atoms with van der Waals surface area (Å²) in [5, 5.41) is 0. The minimum atomic E-state index is 0.911. The minimum Gasteiger partial charge on any atom is -0.105 e. The van der Waals surface area contributed by atoms with Crippen LogP contribution in [0.3, 0.4) is 0 Å². The Hall–Kier alpha value is -1.50. The third-order valence-electron chi connectivity index (χ3n) is 1.53. The monoisotopic (exact) mass is 197 g/mol. The molecule has 0 aliphatic heterocycles. The Morgan fingerprint density at radius 2 is 1.07 bits per heavy atom. The van der Waals surface area contributed by atoms with Gasteiger partial charge in [-0.15, -0.1) is 13.2 Å². The van der Waals surface area contributed by atoms with Crippen LogP contribution in [-0.2, 0) is 0 Å². The Morgan fingerprint density at radius 1 is 0.733 bits per heavy atom. The van der Waals surface area contributed by atoms with E-state index in [0.29, 0.717) is 0 Å². The smallest absolute Gasteiger partial charge is 0.105 e. The van der Waals surface area contributed by atoms with E-state index in [4.69, 9.17) is 0 Å². The molecule has 0 spiro atoms. The van der Waals surface area contributed by atoms with Crippen molar-refractivity contribution in [2.24, 2.45) is 0 Å². The summed E-state index contributed by atoms with van der Waals surface area (Å²) in [5.74, 6) is 0. The van der Waals surface area contributed by atoms with Gasteiger partial charge < -0.3 is 0 Å². The van der Waals surface area contributed by atoms with Crippen molar-refractivity contribution >= 4 is 7.28 Å². The molecular formula is C14H18B. The predicted molar refractivity (Wildman–Crippen MR) is 71.9 cm³/mol. The lowest BCUT2D eigenvalue weighted by Gasteiger charge is -1.98. The van der Waals surface area contributed by atoms with Crippen LogP contribution in [0.15, 0.2) is 72.7 Å². The van der Waals surface area contributed by atoms with Crippen LogP contribution >= 0.6 is 0 Å². The van der Waals surface area contributed by atoms with Crippen molar-refractivity contribution in [3.8, 4) is 0 Å². The molecule has 77 valence electrons. The fraction of sp³-hybridized carbons (Fsp3) is 0.143. The number of hydrogen-bond acceptors (Lipinski definition) is 0. The van der Waals surface area contributed by atoms with Crippen LogP contribution in [0.25, 0.3) is 0 Å². The van der Waals surface area contributed by atoms with Crippen molar-refractivity contribution in [3.05, 3.63) is 72.7 Å². The second kappa shape index (κ2) is 6.89. The van der Waals surface area contributed by atoms with Gasteiger partial charge in [-0.25, -0.2) is 0 Å². The molecule has 0 atom stereocenters. The topological polar surface area (TPSA) is 0 Å². The van der Waals surface area contributed by atoms with Gasteiger partial charge in [-0.2, -0.15) is 0 Å². The zero-order valence-corrected chi connectivity index (χ0v) is 9.72. The lowest BCUT2D eigenvalue weighted by molar-refractivity contribution is 1.55. The molecule has 0 aliphatic rings. The van der Waals surface area contributed by atoms with E-state index in [2.05, 4.69) is 26.3 Å². The second-order valence-corrected chi connectivity index (χ2v) is 3.65. The highest BCUT2D eigenvalue weighted by Crippen LogP contribution is 2.03. The van der Waals surface area contributed by atoms with E-state index < -0.39 is 0 Å². The summed E-state index contributed by atoms with van der Waals surface area (Å²) in [6, 6.07) is 0. The van der Waals surface area contributed by atoms with Gasteiger partial charge in [-0.1, -0.05) is 59.6 Å². The zero-order valence-electron chi connectivity index (χ0n) is 9.72. The highest BCUT2D eigenvalue weighted by Gasteiger charge is 1.94. The first-order valence-electron chi connectivity index (χ1n) is 4.81. The molecule has 0 N–H and O–H groups in total. The first-order valence-corrected chi connectivity index (χ1v) is 4.81. The molecule has 0 aromatic heterocycles. The largest absolute Gasteiger partial charge is 0.189 e. The molecule has 0 aromatic carbocycles. The zero-order chi connectivity index (χ0) is 11.8. The lowest BCUT2D eigenvalue weighted by atomic mass is 9.63. The van der Waals surface area contributed by atoms with E-state index in [9.17, 15) is 0 Å². The summed E-state index contributed by atoms with van der Waals surface area (Å²) in [5.41, 5.74) is 3.84. The average molecular weight is 197 g/mol. The van der Waals surface area contributed by atoms with Crippen molar-refractivity contribution < 1.29 is 0 Å². The van der Waals surface area contributed by atoms with Crippen LogP contribution in [-0.4, -0.2) is 7.28 Å². The molecule has 0 saturated carbocycles. The first-order chi connectivity index (χ1) is 6.91. The third kappa shape index (κ3) is 8.82. The number of hydrogen-bond donors (Lipinski definition) is 0. The first kappa shape index (κ1) is 13.5. The molecule has 0 saturated heterocycles. The molecule has 1 heteroatoms. The number of allylic oxidation sites excluding steroid dienone is 8. The van der Waals surface area contributed by atoms with Crippen molar-refractivity contribution in [2.75, 3.05) is 0 Å². The van der Waals surface area contributed by atoms with Crippen LogP contribution < -0.4 is 0 Å². The Labute approximate surface area is 94.3 Å². The van der Waals surface area contributed by atoms with Gasteiger partial charge in [0.15, 0.2) is 7.28 Å². The van der Waals surface area contributed by atoms with Gasteiger partial charge in [-0.3, -0.25) is 0 Å². The molecule has 0 amide bonds. The van der Waals surface area contributed by atoms with E-state index in [1.165, 1.54) is 0 Å². The SMILES string of the molecule is C=C(C)/C=C\C(=C)[B]C(=C)/C=C\C(=C)C. The quantitative estimate of drug-likeness (QED) is 0.446.